The Hall–Kier alpha value is -2.87. The highest BCUT2D eigenvalue weighted by Gasteiger charge is 2.39. The smallest absolute Gasteiger partial charge is 0.283 e. The number of hydrogen-bond donors (Lipinski definition) is 2. The minimum absolute atomic E-state index is 0.0576. The van der Waals surface area contributed by atoms with Crippen LogP contribution in [-0.2, 0) is 9.59 Å². The third kappa shape index (κ3) is 4.62. The van der Waals surface area contributed by atoms with Crippen molar-refractivity contribution >= 4 is 52.3 Å². The van der Waals surface area contributed by atoms with E-state index < -0.39 is 11.8 Å². The fraction of sp³-hybridized carbons (Fsp3) is 0.292. The second-order valence-electron chi connectivity index (χ2n) is 8.40. The predicted octanol–water partition coefficient (Wildman–Crippen LogP) is 2.52. The molecular weight excluding hydrogens is 463 g/mol. The summed E-state index contributed by atoms with van der Waals surface area (Å²) < 4.78 is 0. The van der Waals surface area contributed by atoms with Crippen LogP contribution >= 0.6 is 23.2 Å². The van der Waals surface area contributed by atoms with Crippen LogP contribution in [0.4, 0.5) is 11.4 Å². The highest BCUT2D eigenvalue weighted by Crippen LogP contribution is 2.34. The number of para-hydroxylation sites is 1. The Kier molecular flexibility index (Phi) is 6.74. The molecule has 0 bridgehead atoms. The first-order valence-electron chi connectivity index (χ1n) is 10.8. The van der Waals surface area contributed by atoms with Crippen LogP contribution in [-0.4, -0.2) is 55.8 Å². The Morgan fingerprint density at radius 2 is 1.76 bits per heavy atom. The molecule has 33 heavy (non-hydrogen) atoms. The molecule has 0 unspecified atom stereocenters. The number of carbonyl (C=O) groups excluding carboxylic acids is 3. The summed E-state index contributed by atoms with van der Waals surface area (Å²) in [5.41, 5.74) is 1.18. The van der Waals surface area contributed by atoms with Gasteiger partial charge in [0.2, 0.25) is 0 Å². The van der Waals surface area contributed by atoms with Crippen molar-refractivity contribution in [1.29, 1.82) is 0 Å². The zero-order valence-corrected chi connectivity index (χ0v) is 19.9. The maximum atomic E-state index is 13.1. The lowest BCUT2D eigenvalue weighted by molar-refractivity contribution is -0.885. The maximum absolute atomic E-state index is 13.1. The second kappa shape index (κ2) is 9.55. The molecule has 2 aromatic carbocycles. The van der Waals surface area contributed by atoms with E-state index in [1.807, 2.05) is 7.05 Å². The van der Waals surface area contributed by atoms with Gasteiger partial charge in [0.05, 0.1) is 30.8 Å². The van der Waals surface area contributed by atoms with E-state index in [1.165, 1.54) is 4.90 Å². The van der Waals surface area contributed by atoms with Crippen molar-refractivity contribution < 1.29 is 19.3 Å². The molecule has 4 rings (SSSR count). The van der Waals surface area contributed by atoms with Gasteiger partial charge in [-0.05, 0) is 30.3 Å². The van der Waals surface area contributed by atoms with Gasteiger partial charge in [-0.15, -0.1) is 0 Å². The van der Waals surface area contributed by atoms with Crippen LogP contribution in [0.2, 0.25) is 5.02 Å². The number of benzene rings is 2. The van der Waals surface area contributed by atoms with Crippen molar-refractivity contribution in [2.24, 2.45) is 0 Å². The molecule has 2 heterocycles. The van der Waals surface area contributed by atoms with E-state index in [4.69, 9.17) is 23.2 Å². The van der Waals surface area contributed by atoms with E-state index in [-0.39, 0.29) is 33.4 Å². The summed E-state index contributed by atoms with van der Waals surface area (Å²) in [6.07, 6.45) is 1.92. The molecule has 0 aromatic heterocycles. The summed E-state index contributed by atoms with van der Waals surface area (Å²) in [5.74, 6) is -1.36. The quantitative estimate of drug-likeness (QED) is 0.635. The van der Waals surface area contributed by atoms with Crippen LogP contribution in [0.5, 0.6) is 0 Å². The number of imide groups is 1. The van der Waals surface area contributed by atoms with Crippen LogP contribution in [0.3, 0.4) is 0 Å². The number of nitrogens with one attached hydrogen (secondary N) is 2. The first-order valence-corrected chi connectivity index (χ1v) is 11.5. The Bertz CT molecular complexity index is 1140. The average molecular weight is 488 g/mol. The standard InChI is InChI=1S/C24H24Cl2N4O3/c1-28-12-10-17(11-13-28)29(2)22(31)15-6-5-7-16(14-15)27-21-20(26)23(32)30(24(21)33)19-9-4-3-8-18(19)25/h3-9,14,17,27H,10-13H2,1-2H3/p+1. The van der Waals surface area contributed by atoms with Crippen molar-refractivity contribution in [3.63, 3.8) is 0 Å². The number of halogens is 2. The SMILES string of the molecule is CN(C(=O)c1cccc(NC2=C(Cl)C(=O)N(c3ccccc3Cl)C2=O)c1)C1CC[NH+](C)CC1. The molecule has 0 aliphatic carbocycles. The molecule has 2 aromatic rings. The van der Waals surface area contributed by atoms with E-state index in [0.29, 0.717) is 11.3 Å². The minimum Gasteiger partial charge on any atom is -0.350 e. The van der Waals surface area contributed by atoms with E-state index in [9.17, 15) is 14.4 Å². The summed E-state index contributed by atoms with van der Waals surface area (Å²) in [5, 5.41) is 2.95. The summed E-state index contributed by atoms with van der Waals surface area (Å²) in [4.78, 5) is 43.0. The molecule has 9 heteroatoms. The van der Waals surface area contributed by atoms with Gasteiger partial charge in [0.15, 0.2) is 0 Å². The maximum Gasteiger partial charge on any atom is 0.283 e. The molecule has 1 fully saturated rings. The Balaban J connectivity index is 1.52. The molecular formula is C24H25Cl2N4O3+. The molecule has 172 valence electrons. The Morgan fingerprint density at radius 3 is 2.45 bits per heavy atom. The predicted molar refractivity (Wildman–Crippen MR) is 129 cm³/mol. The molecule has 0 spiro atoms. The first kappa shape index (κ1) is 23.3. The summed E-state index contributed by atoms with van der Waals surface area (Å²) >= 11 is 12.4. The van der Waals surface area contributed by atoms with E-state index in [0.717, 1.165) is 30.8 Å². The van der Waals surface area contributed by atoms with Gasteiger partial charge in [0.25, 0.3) is 17.7 Å². The lowest BCUT2D eigenvalue weighted by atomic mass is 10.0. The van der Waals surface area contributed by atoms with Crippen molar-refractivity contribution in [1.82, 2.24) is 4.90 Å². The van der Waals surface area contributed by atoms with Gasteiger partial charge < -0.3 is 15.1 Å². The lowest BCUT2D eigenvalue weighted by Crippen LogP contribution is -3.10. The van der Waals surface area contributed by atoms with Gasteiger partial charge in [0.1, 0.15) is 10.7 Å². The van der Waals surface area contributed by atoms with Gasteiger partial charge in [0, 0.05) is 37.2 Å². The third-order valence-corrected chi connectivity index (χ3v) is 6.85. The number of quaternary nitrogens is 1. The molecule has 1 saturated heterocycles. The number of likely N-dealkylation sites (tertiary alicyclic amines) is 1. The van der Waals surface area contributed by atoms with Gasteiger partial charge >= 0.3 is 0 Å². The summed E-state index contributed by atoms with van der Waals surface area (Å²) in [7, 11) is 3.99. The Labute approximate surface area is 202 Å². The van der Waals surface area contributed by atoms with Crippen molar-refractivity contribution in [2.45, 2.75) is 18.9 Å². The molecule has 0 atom stereocenters. The number of rotatable bonds is 5. The van der Waals surface area contributed by atoms with Crippen LogP contribution in [0.15, 0.2) is 59.3 Å². The summed E-state index contributed by atoms with van der Waals surface area (Å²) in [6.45, 7) is 2.07. The summed E-state index contributed by atoms with van der Waals surface area (Å²) in [6, 6.07) is 13.6. The van der Waals surface area contributed by atoms with Crippen LogP contribution < -0.4 is 15.1 Å². The molecule has 0 radical (unpaired) electrons. The van der Waals surface area contributed by atoms with Crippen molar-refractivity contribution in [3.05, 3.63) is 69.8 Å². The highest BCUT2D eigenvalue weighted by molar-refractivity contribution is 6.53. The molecule has 0 saturated carbocycles. The van der Waals surface area contributed by atoms with Gasteiger partial charge in [-0.25, -0.2) is 4.90 Å². The van der Waals surface area contributed by atoms with Crippen LogP contribution in [0.25, 0.3) is 0 Å². The van der Waals surface area contributed by atoms with Gasteiger partial charge in [-0.3, -0.25) is 14.4 Å². The number of carbonyl (C=O) groups is 3. The number of nitrogens with zero attached hydrogens (tertiary/aromatic N) is 2. The number of amides is 3. The van der Waals surface area contributed by atoms with Gasteiger partial charge in [-0.1, -0.05) is 41.4 Å². The number of anilines is 2. The minimum atomic E-state index is -0.659. The molecule has 2 N–H and O–H groups in total. The monoisotopic (exact) mass is 487 g/mol. The fourth-order valence-electron chi connectivity index (χ4n) is 4.19. The largest absolute Gasteiger partial charge is 0.350 e. The molecule has 7 nitrogen and oxygen atoms in total. The van der Waals surface area contributed by atoms with E-state index >= 15 is 0 Å². The third-order valence-electron chi connectivity index (χ3n) is 6.18. The average Bonchev–Trinajstić information content (AvgIpc) is 3.02. The second-order valence-corrected chi connectivity index (χ2v) is 9.18. The van der Waals surface area contributed by atoms with Gasteiger partial charge in [-0.2, -0.15) is 0 Å². The lowest BCUT2D eigenvalue weighted by Gasteiger charge is -2.33. The Morgan fingerprint density at radius 1 is 1.06 bits per heavy atom. The number of piperidine rings is 1. The van der Waals surface area contributed by atoms with E-state index in [2.05, 4.69) is 12.4 Å². The normalized spacial score (nSPS) is 20.9. The molecule has 3 amide bonds. The zero-order chi connectivity index (χ0) is 23.7. The van der Waals surface area contributed by atoms with Crippen molar-refractivity contribution in [3.8, 4) is 0 Å². The van der Waals surface area contributed by atoms with Crippen LogP contribution in [0, 0.1) is 0 Å². The van der Waals surface area contributed by atoms with Crippen LogP contribution in [0.1, 0.15) is 23.2 Å². The van der Waals surface area contributed by atoms with E-state index in [1.54, 1.807) is 53.4 Å². The molecule has 2 aliphatic rings. The first-order chi connectivity index (χ1) is 15.8. The highest BCUT2D eigenvalue weighted by atomic mass is 35.5. The fourth-order valence-corrected chi connectivity index (χ4v) is 4.62. The topological polar surface area (TPSA) is 74.2 Å². The molecule has 2 aliphatic heterocycles. The van der Waals surface area contributed by atoms with Crippen molar-refractivity contribution in [2.75, 3.05) is 37.4 Å². The zero-order valence-electron chi connectivity index (χ0n) is 18.4. The number of hydrogen-bond acceptors (Lipinski definition) is 4.